The van der Waals surface area contributed by atoms with E-state index in [0.29, 0.717) is 0 Å². The molecule has 82 valence electrons. The maximum Gasteiger partial charge on any atom is 0.124 e. The Balaban J connectivity index is 2.24. The number of halogens is 1. The molecule has 0 saturated carbocycles. The molecule has 0 spiro atoms. The van der Waals surface area contributed by atoms with Crippen molar-refractivity contribution in [2.24, 2.45) is 0 Å². The van der Waals surface area contributed by atoms with Crippen LogP contribution in [-0.2, 0) is 6.42 Å². The van der Waals surface area contributed by atoms with E-state index in [2.05, 4.69) is 0 Å². The van der Waals surface area contributed by atoms with Gasteiger partial charge in [-0.3, -0.25) is 0 Å². The number of rotatable bonds is 3. The minimum absolute atomic E-state index is 0.155. The summed E-state index contributed by atoms with van der Waals surface area (Å²) in [6.45, 7) is 2.03. The van der Waals surface area contributed by atoms with Crippen molar-refractivity contribution >= 4 is 11.8 Å². The molecule has 0 nitrogen and oxygen atoms in total. The van der Waals surface area contributed by atoms with Gasteiger partial charge in [-0.15, -0.1) is 0 Å². The zero-order chi connectivity index (χ0) is 11.4. The Bertz CT molecular complexity index is 465. The third kappa shape index (κ3) is 2.86. The van der Waals surface area contributed by atoms with Crippen LogP contribution in [0.3, 0.4) is 0 Å². The molecule has 0 bridgehead atoms. The molecule has 0 aliphatic carbocycles. The summed E-state index contributed by atoms with van der Waals surface area (Å²) < 4.78 is 13.3. The summed E-state index contributed by atoms with van der Waals surface area (Å²) in [5.74, 6) is -0.155. The second-order valence-electron chi connectivity index (χ2n) is 3.56. The predicted molar refractivity (Wildman–Crippen MR) is 66.3 cm³/mol. The topological polar surface area (TPSA) is 0 Å². The largest absolute Gasteiger partial charge is 0.207 e. The Morgan fingerprint density at radius 3 is 2.44 bits per heavy atom. The van der Waals surface area contributed by atoms with Gasteiger partial charge in [0.1, 0.15) is 5.82 Å². The van der Waals surface area contributed by atoms with Gasteiger partial charge >= 0.3 is 0 Å². The van der Waals surface area contributed by atoms with Gasteiger partial charge < -0.3 is 0 Å². The van der Waals surface area contributed by atoms with Crippen LogP contribution in [0.5, 0.6) is 0 Å². The maximum atomic E-state index is 13.3. The van der Waals surface area contributed by atoms with E-state index in [1.54, 1.807) is 23.9 Å². The first-order valence-corrected chi connectivity index (χ1v) is 6.12. The highest BCUT2D eigenvalue weighted by atomic mass is 32.2. The smallest absolute Gasteiger partial charge is 0.124 e. The molecule has 0 unspecified atom stereocenters. The van der Waals surface area contributed by atoms with Crippen LogP contribution in [0.4, 0.5) is 4.39 Å². The van der Waals surface area contributed by atoms with E-state index in [9.17, 15) is 4.39 Å². The fourth-order valence-electron chi connectivity index (χ4n) is 1.51. The van der Waals surface area contributed by atoms with Crippen molar-refractivity contribution in [3.8, 4) is 0 Å². The molecule has 0 atom stereocenters. The van der Waals surface area contributed by atoms with Gasteiger partial charge in [0, 0.05) is 9.79 Å². The van der Waals surface area contributed by atoms with E-state index in [1.807, 2.05) is 43.3 Å². The predicted octanol–water partition coefficient (Wildman–Crippen LogP) is 4.54. The molecule has 0 N–H and O–H groups in total. The van der Waals surface area contributed by atoms with Crippen molar-refractivity contribution < 1.29 is 4.39 Å². The molecule has 2 aromatic rings. The second-order valence-corrected chi connectivity index (χ2v) is 4.71. The van der Waals surface area contributed by atoms with Crippen LogP contribution >= 0.6 is 11.8 Å². The number of aryl methyl sites for hydroxylation is 1. The van der Waals surface area contributed by atoms with E-state index >= 15 is 0 Å². The lowest BCUT2D eigenvalue weighted by Gasteiger charge is -2.04. The summed E-state index contributed by atoms with van der Waals surface area (Å²) in [5, 5.41) is 0. The lowest BCUT2D eigenvalue weighted by Crippen LogP contribution is -1.84. The van der Waals surface area contributed by atoms with Crippen LogP contribution in [0.15, 0.2) is 58.3 Å². The minimum atomic E-state index is -0.155. The molecule has 0 aromatic heterocycles. The molecule has 2 heteroatoms. The Labute approximate surface area is 99.5 Å². The SMILES string of the molecule is CCc1cc(F)cc(Sc2ccccc2)c1. The van der Waals surface area contributed by atoms with Gasteiger partial charge in [0.05, 0.1) is 0 Å². The first kappa shape index (κ1) is 11.2. The zero-order valence-corrected chi connectivity index (χ0v) is 9.93. The second kappa shape index (κ2) is 5.17. The normalized spacial score (nSPS) is 10.4. The highest BCUT2D eigenvalue weighted by Gasteiger charge is 2.01. The standard InChI is InChI=1S/C14H13FS/c1-2-11-8-12(15)10-14(9-11)16-13-6-4-3-5-7-13/h3-10H,2H2,1H3. The van der Waals surface area contributed by atoms with Gasteiger partial charge in [-0.05, 0) is 42.3 Å². The van der Waals surface area contributed by atoms with Crippen LogP contribution in [0.2, 0.25) is 0 Å². The van der Waals surface area contributed by atoms with Gasteiger partial charge in [-0.1, -0.05) is 36.9 Å². The average Bonchev–Trinajstić information content (AvgIpc) is 2.29. The number of benzene rings is 2. The fraction of sp³-hybridized carbons (Fsp3) is 0.143. The van der Waals surface area contributed by atoms with Gasteiger partial charge in [0.2, 0.25) is 0 Å². The lowest BCUT2D eigenvalue weighted by molar-refractivity contribution is 0.622. The molecular weight excluding hydrogens is 219 g/mol. The van der Waals surface area contributed by atoms with Crippen LogP contribution in [0.1, 0.15) is 12.5 Å². The first-order chi connectivity index (χ1) is 7.78. The molecule has 0 aliphatic heterocycles. The minimum Gasteiger partial charge on any atom is -0.207 e. The van der Waals surface area contributed by atoms with Crippen molar-refractivity contribution in [2.45, 2.75) is 23.1 Å². The summed E-state index contributed by atoms with van der Waals surface area (Å²) in [6, 6.07) is 15.2. The van der Waals surface area contributed by atoms with E-state index < -0.39 is 0 Å². The van der Waals surface area contributed by atoms with Crippen molar-refractivity contribution in [1.82, 2.24) is 0 Å². The first-order valence-electron chi connectivity index (χ1n) is 5.30. The molecule has 16 heavy (non-hydrogen) atoms. The summed E-state index contributed by atoms with van der Waals surface area (Å²) in [6.07, 6.45) is 0.861. The summed E-state index contributed by atoms with van der Waals surface area (Å²) in [4.78, 5) is 2.10. The Morgan fingerprint density at radius 1 is 1.00 bits per heavy atom. The highest BCUT2D eigenvalue weighted by Crippen LogP contribution is 2.28. The summed E-state index contributed by atoms with van der Waals surface area (Å²) >= 11 is 1.59. The fourth-order valence-corrected chi connectivity index (χ4v) is 2.46. The van der Waals surface area contributed by atoms with E-state index in [0.717, 1.165) is 21.8 Å². The monoisotopic (exact) mass is 232 g/mol. The molecule has 0 radical (unpaired) electrons. The third-order valence-electron chi connectivity index (χ3n) is 2.32. The Morgan fingerprint density at radius 2 is 1.75 bits per heavy atom. The number of hydrogen-bond donors (Lipinski definition) is 0. The molecule has 0 heterocycles. The molecule has 2 rings (SSSR count). The Kier molecular flexibility index (Phi) is 3.62. The quantitative estimate of drug-likeness (QED) is 0.748. The molecule has 0 fully saturated rings. The molecule has 0 amide bonds. The van der Waals surface area contributed by atoms with E-state index in [1.165, 1.54) is 0 Å². The van der Waals surface area contributed by atoms with Crippen molar-refractivity contribution in [2.75, 3.05) is 0 Å². The average molecular weight is 232 g/mol. The van der Waals surface area contributed by atoms with Gasteiger partial charge in [-0.2, -0.15) is 0 Å². The highest BCUT2D eigenvalue weighted by molar-refractivity contribution is 7.99. The third-order valence-corrected chi connectivity index (χ3v) is 3.30. The van der Waals surface area contributed by atoms with Crippen LogP contribution in [0.25, 0.3) is 0 Å². The number of hydrogen-bond acceptors (Lipinski definition) is 1. The van der Waals surface area contributed by atoms with E-state index in [-0.39, 0.29) is 5.82 Å². The van der Waals surface area contributed by atoms with Gasteiger partial charge in [0.25, 0.3) is 0 Å². The molecule has 0 aliphatic rings. The Hall–Kier alpha value is -1.28. The summed E-state index contributed by atoms with van der Waals surface area (Å²) in [5.41, 5.74) is 1.04. The van der Waals surface area contributed by atoms with Crippen LogP contribution < -0.4 is 0 Å². The van der Waals surface area contributed by atoms with Gasteiger partial charge in [-0.25, -0.2) is 4.39 Å². The van der Waals surface area contributed by atoms with Crippen LogP contribution in [0, 0.1) is 5.82 Å². The van der Waals surface area contributed by atoms with Gasteiger partial charge in [0.15, 0.2) is 0 Å². The van der Waals surface area contributed by atoms with Crippen LogP contribution in [-0.4, -0.2) is 0 Å². The van der Waals surface area contributed by atoms with E-state index in [4.69, 9.17) is 0 Å². The summed E-state index contributed by atoms with van der Waals surface area (Å²) in [7, 11) is 0. The molecule has 2 aromatic carbocycles. The lowest BCUT2D eigenvalue weighted by atomic mass is 10.2. The molecule has 0 saturated heterocycles. The molecular formula is C14H13FS. The zero-order valence-electron chi connectivity index (χ0n) is 9.11. The van der Waals surface area contributed by atoms with Crippen molar-refractivity contribution in [3.05, 3.63) is 59.9 Å². The maximum absolute atomic E-state index is 13.3. The van der Waals surface area contributed by atoms with Crippen molar-refractivity contribution in [1.29, 1.82) is 0 Å². The van der Waals surface area contributed by atoms with Crippen molar-refractivity contribution in [3.63, 3.8) is 0 Å².